The van der Waals surface area contributed by atoms with Crippen LogP contribution in [-0.4, -0.2) is 47.0 Å². The van der Waals surface area contributed by atoms with Gasteiger partial charge in [0.1, 0.15) is 5.56 Å². The van der Waals surface area contributed by atoms with Crippen LogP contribution >= 0.6 is 0 Å². The molecule has 26 heavy (non-hydrogen) atoms. The molecule has 0 saturated carbocycles. The third kappa shape index (κ3) is 2.85. The summed E-state index contributed by atoms with van der Waals surface area (Å²) in [7, 11) is 1.50. The number of benzene rings is 1. The van der Waals surface area contributed by atoms with E-state index in [2.05, 4.69) is 15.3 Å². The first-order valence-electron chi connectivity index (χ1n) is 8.09. The lowest BCUT2D eigenvalue weighted by atomic mass is 10.1. The van der Waals surface area contributed by atoms with E-state index in [0.717, 1.165) is 0 Å². The van der Waals surface area contributed by atoms with E-state index in [4.69, 9.17) is 9.15 Å². The van der Waals surface area contributed by atoms with Crippen LogP contribution < -0.4 is 15.7 Å². The van der Waals surface area contributed by atoms with E-state index < -0.39 is 5.63 Å². The van der Waals surface area contributed by atoms with Gasteiger partial charge >= 0.3 is 5.63 Å². The maximum Gasteiger partial charge on any atom is 0.349 e. The molecule has 0 unspecified atom stereocenters. The lowest BCUT2D eigenvalue weighted by molar-refractivity contribution is 0.0620. The number of ether oxygens (including phenoxy) is 1. The van der Waals surface area contributed by atoms with Crippen molar-refractivity contribution in [2.75, 3.05) is 25.5 Å². The minimum Gasteiger partial charge on any atom is -0.493 e. The third-order valence-corrected chi connectivity index (χ3v) is 4.24. The van der Waals surface area contributed by atoms with E-state index in [-0.39, 0.29) is 17.5 Å². The largest absolute Gasteiger partial charge is 0.493 e. The molecule has 1 N–H and O–H groups in total. The van der Waals surface area contributed by atoms with E-state index in [9.17, 15) is 9.59 Å². The van der Waals surface area contributed by atoms with Gasteiger partial charge in [0.2, 0.25) is 5.95 Å². The summed E-state index contributed by atoms with van der Waals surface area (Å²) < 4.78 is 10.5. The smallest absolute Gasteiger partial charge is 0.349 e. The topological polar surface area (TPSA) is 97.6 Å². The monoisotopic (exact) mass is 352 g/mol. The first-order chi connectivity index (χ1) is 12.7. The average molecular weight is 352 g/mol. The predicted octanol–water partition coefficient (Wildman–Crippen LogP) is 1.53. The summed E-state index contributed by atoms with van der Waals surface area (Å²) in [6.07, 6.45) is 3.29. The number of carbonyl (C=O) groups is 1. The second-order valence-corrected chi connectivity index (χ2v) is 5.95. The lowest BCUT2D eigenvalue weighted by Gasteiger charge is -2.39. The number of nitrogens with one attached hydrogen (secondary N) is 1. The summed E-state index contributed by atoms with van der Waals surface area (Å²) >= 11 is 0. The van der Waals surface area contributed by atoms with Crippen LogP contribution in [0.1, 0.15) is 10.4 Å². The summed E-state index contributed by atoms with van der Waals surface area (Å²) in [4.78, 5) is 34.6. The van der Waals surface area contributed by atoms with E-state index >= 15 is 0 Å². The van der Waals surface area contributed by atoms with Crippen molar-refractivity contribution < 1.29 is 13.9 Å². The molecule has 2 aromatic heterocycles. The van der Waals surface area contributed by atoms with Crippen LogP contribution in [0.4, 0.5) is 5.95 Å². The van der Waals surface area contributed by atoms with Gasteiger partial charge in [-0.25, -0.2) is 14.8 Å². The molecule has 1 aliphatic rings. The zero-order valence-electron chi connectivity index (χ0n) is 14.0. The molecule has 1 aliphatic heterocycles. The molecule has 132 valence electrons. The molecule has 0 radical (unpaired) electrons. The number of methoxy groups -OCH3 is 1. The van der Waals surface area contributed by atoms with Gasteiger partial charge in [0.05, 0.1) is 13.2 Å². The fourth-order valence-electron chi connectivity index (χ4n) is 2.89. The van der Waals surface area contributed by atoms with Crippen molar-refractivity contribution in [1.82, 2.24) is 14.9 Å². The van der Waals surface area contributed by atoms with Crippen molar-refractivity contribution in [2.24, 2.45) is 0 Å². The van der Waals surface area contributed by atoms with Crippen molar-refractivity contribution in [3.05, 3.63) is 58.7 Å². The maximum atomic E-state index is 12.6. The molecule has 0 bridgehead atoms. The molecule has 0 aliphatic carbocycles. The minimum absolute atomic E-state index is 0.0140. The fourth-order valence-corrected chi connectivity index (χ4v) is 2.89. The standard InChI is InChI=1S/C18H16N4O4/c1-25-14-5-2-4-11-8-13(17(24)26-15(11)14)16(23)22-9-12(10-22)21-18-19-6-3-7-20-18/h2-8,12H,9-10H2,1H3,(H,19,20,21). The number of anilines is 1. The highest BCUT2D eigenvalue weighted by Crippen LogP contribution is 2.25. The van der Waals surface area contributed by atoms with Crippen LogP contribution in [-0.2, 0) is 0 Å². The van der Waals surface area contributed by atoms with Crippen LogP contribution in [0.2, 0.25) is 0 Å². The number of aromatic nitrogens is 2. The number of hydrogen-bond acceptors (Lipinski definition) is 7. The molecule has 3 heterocycles. The SMILES string of the molecule is COc1cccc2cc(C(=O)N3CC(Nc4ncccn4)C3)c(=O)oc12. The number of carbonyl (C=O) groups excluding carboxylic acids is 1. The zero-order valence-corrected chi connectivity index (χ0v) is 14.0. The summed E-state index contributed by atoms with van der Waals surface area (Å²) in [6, 6.07) is 8.57. The summed E-state index contributed by atoms with van der Waals surface area (Å²) in [5, 5.41) is 3.78. The quantitative estimate of drug-likeness (QED) is 0.711. The summed E-state index contributed by atoms with van der Waals surface area (Å²) in [5.74, 6) is 0.618. The Kier molecular flexibility index (Phi) is 4.00. The minimum atomic E-state index is -0.671. The average Bonchev–Trinajstić information content (AvgIpc) is 2.63. The number of likely N-dealkylation sites (tertiary alicyclic amines) is 1. The van der Waals surface area contributed by atoms with Crippen molar-refractivity contribution in [2.45, 2.75) is 6.04 Å². The molecule has 1 aromatic carbocycles. The molecule has 1 amide bonds. The van der Waals surface area contributed by atoms with E-state index in [0.29, 0.717) is 35.8 Å². The predicted molar refractivity (Wildman–Crippen MR) is 94.4 cm³/mol. The normalized spacial score (nSPS) is 14.1. The number of para-hydroxylation sites is 1. The van der Waals surface area contributed by atoms with Gasteiger partial charge in [0, 0.05) is 30.9 Å². The first-order valence-corrected chi connectivity index (χ1v) is 8.09. The number of fused-ring (bicyclic) bond motifs is 1. The molecule has 0 atom stereocenters. The summed E-state index contributed by atoms with van der Waals surface area (Å²) in [6.45, 7) is 0.930. The van der Waals surface area contributed by atoms with E-state index in [1.165, 1.54) is 7.11 Å². The lowest BCUT2D eigenvalue weighted by Crippen LogP contribution is -2.57. The Morgan fingerprint density at radius 3 is 2.77 bits per heavy atom. The van der Waals surface area contributed by atoms with Gasteiger partial charge in [-0.3, -0.25) is 4.79 Å². The Balaban J connectivity index is 1.51. The highest BCUT2D eigenvalue weighted by Gasteiger charge is 2.33. The van der Waals surface area contributed by atoms with Gasteiger partial charge in [-0.1, -0.05) is 12.1 Å². The number of hydrogen-bond donors (Lipinski definition) is 1. The molecule has 8 nitrogen and oxygen atoms in total. The Bertz CT molecular complexity index is 1010. The molecule has 8 heteroatoms. The number of nitrogens with zero attached hydrogens (tertiary/aromatic N) is 3. The van der Waals surface area contributed by atoms with Crippen molar-refractivity contribution in [3.8, 4) is 5.75 Å². The van der Waals surface area contributed by atoms with Crippen molar-refractivity contribution >= 4 is 22.8 Å². The third-order valence-electron chi connectivity index (χ3n) is 4.24. The molecular weight excluding hydrogens is 336 g/mol. The molecule has 0 spiro atoms. The van der Waals surface area contributed by atoms with Gasteiger partial charge in [-0.2, -0.15) is 0 Å². The highest BCUT2D eigenvalue weighted by atomic mass is 16.5. The molecule has 1 saturated heterocycles. The molecule has 3 aromatic rings. The zero-order chi connectivity index (χ0) is 18.1. The molecular formula is C18H16N4O4. The summed E-state index contributed by atoms with van der Waals surface area (Å²) in [5.41, 5.74) is -0.323. The van der Waals surface area contributed by atoms with Crippen LogP contribution in [0.25, 0.3) is 11.0 Å². The maximum absolute atomic E-state index is 12.6. The Labute approximate surface area is 148 Å². The number of amides is 1. The van der Waals surface area contributed by atoms with Crippen LogP contribution in [0, 0.1) is 0 Å². The first kappa shape index (κ1) is 16.1. The Morgan fingerprint density at radius 2 is 2.04 bits per heavy atom. The van der Waals surface area contributed by atoms with Gasteiger partial charge in [0.15, 0.2) is 11.3 Å². The van der Waals surface area contributed by atoms with Crippen molar-refractivity contribution in [1.29, 1.82) is 0 Å². The molecule has 1 fully saturated rings. The van der Waals surface area contributed by atoms with Gasteiger partial charge in [-0.05, 0) is 18.2 Å². The molecule has 4 rings (SSSR count). The Hall–Kier alpha value is -3.42. The van der Waals surface area contributed by atoms with Gasteiger partial charge in [0.25, 0.3) is 5.91 Å². The fraction of sp³-hybridized carbons (Fsp3) is 0.222. The van der Waals surface area contributed by atoms with Gasteiger partial charge in [-0.15, -0.1) is 0 Å². The highest BCUT2D eigenvalue weighted by molar-refractivity contribution is 5.97. The van der Waals surface area contributed by atoms with Crippen LogP contribution in [0.3, 0.4) is 0 Å². The van der Waals surface area contributed by atoms with E-state index in [1.54, 1.807) is 47.6 Å². The van der Waals surface area contributed by atoms with E-state index in [1.807, 2.05) is 0 Å². The van der Waals surface area contributed by atoms with Crippen molar-refractivity contribution in [3.63, 3.8) is 0 Å². The van der Waals surface area contributed by atoms with Crippen LogP contribution in [0.15, 0.2) is 51.9 Å². The van der Waals surface area contributed by atoms with Gasteiger partial charge < -0.3 is 19.4 Å². The Morgan fingerprint density at radius 1 is 1.27 bits per heavy atom. The second-order valence-electron chi connectivity index (χ2n) is 5.95. The van der Waals surface area contributed by atoms with Crippen LogP contribution in [0.5, 0.6) is 5.75 Å². The number of rotatable bonds is 4. The second kappa shape index (κ2) is 6.47.